The van der Waals surface area contributed by atoms with Crippen LogP contribution in [0.5, 0.6) is 0 Å². The van der Waals surface area contributed by atoms with E-state index in [9.17, 15) is 4.79 Å². The van der Waals surface area contributed by atoms with Crippen molar-refractivity contribution in [3.8, 4) is 0 Å². The average molecular weight is 397 g/mol. The molecule has 1 spiro atoms. The van der Waals surface area contributed by atoms with E-state index >= 15 is 0 Å². The smallest absolute Gasteiger partial charge is 0.335 e. The summed E-state index contributed by atoms with van der Waals surface area (Å²) >= 11 is 4.17. The number of carbonyl (C=O) groups excluding carboxylic acids is 1. The van der Waals surface area contributed by atoms with Gasteiger partial charge in [0.2, 0.25) is 6.29 Å². The number of rotatable bonds is 4. The largest absolute Gasteiger partial charge is 0.431 e. The van der Waals surface area contributed by atoms with Gasteiger partial charge in [-0.25, -0.2) is 4.79 Å². The van der Waals surface area contributed by atoms with Crippen molar-refractivity contribution in [1.82, 2.24) is 0 Å². The van der Waals surface area contributed by atoms with Crippen LogP contribution in [0.3, 0.4) is 0 Å². The van der Waals surface area contributed by atoms with Crippen molar-refractivity contribution in [2.24, 2.45) is 23.7 Å². The van der Waals surface area contributed by atoms with E-state index in [0.29, 0.717) is 12.2 Å². The van der Waals surface area contributed by atoms with Gasteiger partial charge in [0, 0.05) is 12.2 Å². The summed E-state index contributed by atoms with van der Waals surface area (Å²) in [6, 6.07) is 0. The lowest BCUT2D eigenvalue weighted by Gasteiger charge is -2.59. The highest BCUT2D eigenvalue weighted by atomic mass is 32.2. The number of thioether (sulfide) groups is 2. The molecule has 6 aliphatic rings. The maximum Gasteiger partial charge on any atom is 0.335 e. The first kappa shape index (κ1) is 17.9. The number of ether oxygens (including phenoxy) is 3. The first-order chi connectivity index (χ1) is 12.5. The maximum atomic E-state index is 12.1. The Balaban J connectivity index is 1.40. The van der Waals surface area contributed by atoms with Gasteiger partial charge in [-0.1, -0.05) is 6.58 Å². The molecule has 4 saturated carbocycles. The molecule has 6 rings (SSSR count). The van der Waals surface area contributed by atoms with Gasteiger partial charge in [0.25, 0.3) is 0 Å². The van der Waals surface area contributed by atoms with Crippen LogP contribution in [-0.4, -0.2) is 39.7 Å². The fraction of sp³-hybridized carbons (Fsp3) is 0.850. The monoisotopic (exact) mass is 396 g/mol. The Bertz CT molecular complexity index is 593. The summed E-state index contributed by atoms with van der Waals surface area (Å²) in [5, 5.41) is 0.415. The SMILES string of the molecule is C=C(C)C(=O)OC1OC(OCC)C2SC3(SC12)C1CC2CC(C1)CC3C2. The van der Waals surface area contributed by atoms with Gasteiger partial charge in [0.05, 0.1) is 14.6 Å². The molecule has 2 saturated heterocycles. The van der Waals surface area contributed by atoms with Gasteiger partial charge >= 0.3 is 5.97 Å². The van der Waals surface area contributed by atoms with Crippen molar-refractivity contribution in [3.63, 3.8) is 0 Å². The van der Waals surface area contributed by atoms with Crippen LogP contribution in [0, 0.1) is 23.7 Å². The van der Waals surface area contributed by atoms with Crippen molar-refractivity contribution < 1.29 is 19.0 Å². The van der Waals surface area contributed by atoms with E-state index in [4.69, 9.17) is 14.2 Å². The molecule has 0 amide bonds. The molecule has 144 valence electrons. The summed E-state index contributed by atoms with van der Waals surface area (Å²) in [6.07, 6.45) is 6.24. The normalized spacial score (nSPS) is 51.0. The minimum Gasteiger partial charge on any atom is -0.431 e. The van der Waals surface area contributed by atoms with E-state index in [-0.39, 0.29) is 26.8 Å². The molecule has 4 aliphatic carbocycles. The Hall–Kier alpha value is -0.170. The van der Waals surface area contributed by atoms with Gasteiger partial charge in [-0.15, -0.1) is 23.5 Å². The summed E-state index contributed by atoms with van der Waals surface area (Å²) in [5.41, 5.74) is 0.421. The second-order valence-electron chi connectivity index (χ2n) is 8.70. The molecule has 4 unspecified atom stereocenters. The zero-order valence-corrected chi connectivity index (χ0v) is 17.2. The molecule has 2 heterocycles. The zero-order chi connectivity index (χ0) is 18.1. The van der Waals surface area contributed by atoms with Gasteiger partial charge in [-0.3, -0.25) is 0 Å². The van der Waals surface area contributed by atoms with Crippen LogP contribution in [0.15, 0.2) is 12.2 Å². The Labute approximate surface area is 164 Å². The second kappa shape index (κ2) is 6.43. The predicted octanol–water partition coefficient (Wildman–Crippen LogP) is 4.19. The van der Waals surface area contributed by atoms with Gasteiger partial charge in [-0.2, -0.15) is 0 Å². The third-order valence-corrected chi connectivity index (χ3v) is 11.3. The Morgan fingerprint density at radius 1 is 1.08 bits per heavy atom. The number of hydrogen-bond donors (Lipinski definition) is 0. The van der Waals surface area contributed by atoms with E-state index in [1.165, 1.54) is 32.1 Å². The van der Waals surface area contributed by atoms with Crippen LogP contribution >= 0.6 is 23.5 Å². The van der Waals surface area contributed by atoms with Crippen LogP contribution in [0.1, 0.15) is 46.0 Å². The highest BCUT2D eigenvalue weighted by molar-refractivity contribution is 8.22. The van der Waals surface area contributed by atoms with E-state index in [2.05, 4.69) is 30.1 Å². The van der Waals surface area contributed by atoms with Crippen molar-refractivity contribution in [3.05, 3.63) is 12.2 Å². The molecule has 0 aromatic rings. The molecule has 0 aromatic heterocycles. The number of esters is 1. The predicted molar refractivity (Wildman–Crippen MR) is 104 cm³/mol. The van der Waals surface area contributed by atoms with Gasteiger partial charge in [0.1, 0.15) is 0 Å². The summed E-state index contributed by atoms with van der Waals surface area (Å²) in [7, 11) is 0. The molecule has 4 nitrogen and oxygen atoms in total. The second-order valence-corrected chi connectivity index (χ2v) is 11.9. The summed E-state index contributed by atoms with van der Waals surface area (Å²) < 4.78 is 17.9. The molecule has 26 heavy (non-hydrogen) atoms. The number of fused-ring (bicyclic) bond motifs is 1. The van der Waals surface area contributed by atoms with Crippen LogP contribution in [0.4, 0.5) is 0 Å². The van der Waals surface area contributed by atoms with Crippen molar-refractivity contribution in [1.29, 1.82) is 0 Å². The van der Waals surface area contributed by atoms with E-state index in [0.717, 1.165) is 23.7 Å². The lowest BCUT2D eigenvalue weighted by molar-refractivity contribution is -0.203. The molecule has 4 atom stereocenters. The van der Waals surface area contributed by atoms with Crippen molar-refractivity contribution in [2.45, 2.75) is 73.1 Å². The summed E-state index contributed by atoms with van der Waals surface area (Å²) in [5.74, 6) is 3.17. The fourth-order valence-corrected chi connectivity index (χ4v) is 10.7. The Morgan fingerprint density at radius 3 is 2.19 bits per heavy atom. The molecule has 0 N–H and O–H groups in total. The van der Waals surface area contributed by atoms with Crippen LogP contribution in [-0.2, 0) is 19.0 Å². The van der Waals surface area contributed by atoms with Gasteiger partial charge in [-0.05, 0) is 69.6 Å². The third-order valence-electron chi connectivity index (χ3n) is 6.95. The van der Waals surface area contributed by atoms with Crippen LogP contribution in [0.25, 0.3) is 0 Å². The van der Waals surface area contributed by atoms with Crippen LogP contribution < -0.4 is 0 Å². The quantitative estimate of drug-likeness (QED) is 0.524. The van der Waals surface area contributed by atoms with E-state index < -0.39 is 6.29 Å². The minimum absolute atomic E-state index is 0.164. The van der Waals surface area contributed by atoms with E-state index in [1.807, 2.05) is 6.92 Å². The third kappa shape index (κ3) is 2.62. The average Bonchev–Trinajstić information content (AvgIpc) is 3.11. The molecule has 4 bridgehead atoms. The molecular formula is C20H28O4S2. The highest BCUT2D eigenvalue weighted by Crippen LogP contribution is 2.73. The molecule has 2 aliphatic heterocycles. The molecule has 0 aromatic carbocycles. The highest BCUT2D eigenvalue weighted by Gasteiger charge is 2.67. The van der Waals surface area contributed by atoms with E-state index in [1.54, 1.807) is 6.92 Å². The lowest BCUT2D eigenvalue weighted by Crippen LogP contribution is -2.53. The molecule has 6 heteroatoms. The minimum atomic E-state index is -0.519. The zero-order valence-electron chi connectivity index (χ0n) is 15.5. The molecular weight excluding hydrogens is 368 g/mol. The molecule has 0 radical (unpaired) electrons. The first-order valence-corrected chi connectivity index (χ1v) is 11.7. The van der Waals surface area contributed by atoms with Crippen molar-refractivity contribution in [2.75, 3.05) is 6.61 Å². The Morgan fingerprint density at radius 2 is 1.65 bits per heavy atom. The molecule has 6 fully saturated rings. The fourth-order valence-electron chi connectivity index (χ4n) is 6.12. The number of hydrogen-bond acceptors (Lipinski definition) is 6. The van der Waals surface area contributed by atoms with Crippen LogP contribution in [0.2, 0.25) is 0 Å². The number of carbonyl (C=O) groups is 1. The topological polar surface area (TPSA) is 44.8 Å². The maximum absolute atomic E-state index is 12.1. The van der Waals surface area contributed by atoms with Gasteiger partial charge < -0.3 is 14.2 Å². The lowest BCUT2D eigenvalue weighted by atomic mass is 9.56. The summed E-state index contributed by atoms with van der Waals surface area (Å²) in [4.78, 5) is 12.1. The van der Waals surface area contributed by atoms with Gasteiger partial charge in [0.15, 0.2) is 6.29 Å². The summed E-state index contributed by atoms with van der Waals surface area (Å²) in [6.45, 7) is 8.01. The van der Waals surface area contributed by atoms with Crippen molar-refractivity contribution >= 4 is 29.5 Å². The Kier molecular flexibility index (Phi) is 4.43. The standard InChI is InChI=1S/C20H28O4S2/c1-4-22-18-15-16(19(24-18)23-17(21)10(2)3)26-20(25-15)13-6-11-5-12(8-13)9-14(20)7-11/h11-16,18-19H,2,4-9H2,1,3H3. The first-order valence-electron chi connectivity index (χ1n) is 9.99.